The van der Waals surface area contributed by atoms with E-state index in [1.54, 1.807) is 0 Å². The van der Waals surface area contributed by atoms with Gasteiger partial charge in [0.1, 0.15) is 0 Å². The highest BCUT2D eigenvalue weighted by molar-refractivity contribution is 5.76. The van der Waals surface area contributed by atoms with Crippen LogP contribution in [0.3, 0.4) is 0 Å². The van der Waals surface area contributed by atoms with E-state index in [1.807, 2.05) is 4.90 Å². The third-order valence-electron chi connectivity index (χ3n) is 3.31. The Bertz CT molecular complexity index is 208. The maximum absolute atomic E-state index is 11.8. The summed E-state index contributed by atoms with van der Waals surface area (Å²) in [6.45, 7) is 6.64. The van der Waals surface area contributed by atoms with Crippen LogP contribution in [0.2, 0.25) is 0 Å². The Morgan fingerprint density at radius 1 is 1.33 bits per heavy atom. The van der Waals surface area contributed by atoms with Crippen LogP contribution in [0.15, 0.2) is 0 Å². The molecule has 0 aliphatic carbocycles. The highest BCUT2D eigenvalue weighted by Crippen LogP contribution is 2.14. The van der Waals surface area contributed by atoms with Gasteiger partial charge >= 0.3 is 0 Å². The summed E-state index contributed by atoms with van der Waals surface area (Å²) in [5, 5.41) is 0. The van der Waals surface area contributed by atoms with E-state index in [0.29, 0.717) is 25.0 Å². The van der Waals surface area contributed by atoms with Crippen molar-refractivity contribution in [3.63, 3.8) is 0 Å². The first-order valence-electron chi connectivity index (χ1n) is 5.76. The number of likely N-dealkylation sites (N-methyl/N-ethyl adjacent to an activating group) is 1. The van der Waals surface area contributed by atoms with Crippen molar-refractivity contribution in [1.82, 2.24) is 9.80 Å². The molecule has 4 nitrogen and oxygen atoms in total. The largest absolute Gasteiger partial charge is 0.340 e. The van der Waals surface area contributed by atoms with E-state index >= 15 is 0 Å². The van der Waals surface area contributed by atoms with Crippen molar-refractivity contribution < 1.29 is 4.79 Å². The Kier molecular flexibility index (Phi) is 4.54. The van der Waals surface area contributed by atoms with Gasteiger partial charge in [0.2, 0.25) is 5.91 Å². The number of rotatable bonds is 3. The van der Waals surface area contributed by atoms with Gasteiger partial charge in [0, 0.05) is 31.6 Å². The molecule has 1 aliphatic rings. The molecule has 0 saturated carbocycles. The first-order valence-corrected chi connectivity index (χ1v) is 5.76. The molecule has 0 aromatic carbocycles. The van der Waals surface area contributed by atoms with E-state index in [-0.39, 0.29) is 5.91 Å². The van der Waals surface area contributed by atoms with Crippen molar-refractivity contribution in [1.29, 1.82) is 0 Å². The number of piperazine rings is 1. The smallest absolute Gasteiger partial charge is 0.222 e. The highest BCUT2D eigenvalue weighted by Gasteiger charge is 2.28. The minimum absolute atomic E-state index is 0.257. The third kappa shape index (κ3) is 3.18. The van der Waals surface area contributed by atoms with Crippen molar-refractivity contribution in [2.24, 2.45) is 5.73 Å². The standard InChI is InChI=1S/C11H23N3O/c1-9-7-14(8-10(2)13(9)3)11(15)5-4-6-12/h9-10H,4-8,12H2,1-3H3. The Labute approximate surface area is 92.4 Å². The molecule has 2 N–H and O–H groups in total. The van der Waals surface area contributed by atoms with Gasteiger partial charge in [-0.15, -0.1) is 0 Å². The molecule has 0 aromatic rings. The summed E-state index contributed by atoms with van der Waals surface area (Å²) in [6, 6.07) is 0.908. The molecule has 1 fully saturated rings. The molecular formula is C11H23N3O. The predicted molar refractivity (Wildman–Crippen MR) is 61.6 cm³/mol. The lowest BCUT2D eigenvalue weighted by Gasteiger charge is -2.42. The second-order valence-electron chi connectivity index (χ2n) is 4.55. The van der Waals surface area contributed by atoms with Gasteiger partial charge in [-0.1, -0.05) is 0 Å². The number of carbonyl (C=O) groups is 1. The molecule has 0 spiro atoms. The fourth-order valence-electron chi connectivity index (χ4n) is 2.02. The summed E-state index contributed by atoms with van der Waals surface area (Å²) >= 11 is 0. The maximum Gasteiger partial charge on any atom is 0.222 e. The lowest BCUT2D eigenvalue weighted by molar-refractivity contribution is -0.135. The average Bonchev–Trinajstić information content (AvgIpc) is 2.21. The van der Waals surface area contributed by atoms with Crippen LogP contribution in [0, 0.1) is 0 Å². The number of carbonyl (C=O) groups excluding carboxylic acids is 1. The fourth-order valence-corrected chi connectivity index (χ4v) is 2.02. The van der Waals surface area contributed by atoms with Gasteiger partial charge in [-0.05, 0) is 33.9 Å². The van der Waals surface area contributed by atoms with E-state index in [2.05, 4.69) is 25.8 Å². The Balaban J connectivity index is 2.46. The average molecular weight is 213 g/mol. The zero-order valence-corrected chi connectivity index (χ0v) is 10.1. The number of hydrogen-bond donors (Lipinski definition) is 1. The minimum Gasteiger partial charge on any atom is -0.340 e. The summed E-state index contributed by atoms with van der Waals surface area (Å²) < 4.78 is 0. The summed E-state index contributed by atoms with van der Waals surface area (Å²) in [5.41, 5.74) is 5.40. The van der Waals surface area contributed by atoms with E-state index < -0.39 is 0 Å². The first-order chi connectivity index (χ1) is 7.06. The first kappa shape index (κ1) is 12.5. The topological polar surface area (TPSA) is 49.6 Å². The van der Waals surface area contributed by atoms with E-state index in [0.717, 1.165) is 19.5 Å². The molecule has 1 aliphatic heterocycles. The molecule has 1 saturated heterocycles. The van der Waals surface area contributed by atoms with Crippen LogP contribution in [0.1, 0.15) is 26.7 Å². The van der Waals surface area contributed by atoms with Crippen LogP contribution in [0.4, 0.5) is 0 Å². The Morgan fingerprint density at radius 3 is 2.33 bits per heavy atom. The van der Waals surface area contributed by atoms with Crippen LogP contribution in [-0.2, 0) is 4.79 Å². The molecule has 88 valence electrons. The third-order valence-corrected chi connectivity index (χ3v) is 3.31. The quantitative estimate of drug-likeness (QED) is 0.732. The molecule has 0 bridgehead atoms. The van der Waals surface area contributed by atoms with Crippen molar-refractivity contribution in [2.45, 2.75) is 38.8 Å². The molecule has 1 heterocycles. The normalized spacial score (nSPS) is 28.1. The fraction of sp³-hybridized carbons (Fsp3) is 0.909. The molecular weight excluding hydrogens is 190 g/mol. The lowest BCUT2D eigenvalue weighted by atomic mass is 10.1. The Morgan fingerprint density at radius 2 is 1.87 bits per heavy atom. The number of nitrogens with two attached hydrogens (primary N) is 1. The molecule has 2 atom stereocenters. The van der Waals surface area contributed by atoms with Gasteiger partial charge in [0.15, 0.2) is 0 Å². The second kappa shape index (κ2) is 5.47. The minimum atomic E-state index is 0.257. The van der Waals surface area contributed by atoms with Crippen LogP contribution in [0.25, 0.3) is 0 Å². The van der Waals surface area contributed by atoms with E-state index in [4.69, 9.17) is 5.73 Å². The van der Waals surface area contributed by atoms with Crippen molar-refractivity contribution >= 4 is 5.91 Å². The van der Waals surface area contributed by atoms with Gasteiger partial charge in [-0.2, -0.15) is 0 Å². The predicted octanol–water partition coefficient (Wildman–Crippen LogP) is 0.276. The van der Waals surface area contributed by atoms with Crippen LogP contribution in [-0.4, -0.2) is 54.5 Å². The van der Waals surface area contributed by atoms with Crippen molar-refractivity contribution in [3.8, 4) is 0 Å². The summed E-state index contributed by atoms with van der Waals surface area (Å²) in [4.78, 5) is 16.1. The number of hydrogen-bond acceptors (Lipinski definition) is 3. The molecule has 1 amide bonds. The maximum atomic E-state index is 11.8. The molecule has 1 rings (SSSR count). The van der Waals surface area contributed by atoms with Gasteiger partial charge in [0.05, 0.1) is 0 Å². The Hall–Kier alpha value is -0.610. The van der Waals surface area contributed by atoms with Gasteiger partial charge in [0.25, 0.3) is 0 Å². The van der Waals surface area contributed by atoms with Crippen molar-refractivity contribution in [3.05, 3.63) is 0 Å². The van der Waals surface area contributed by atoms with Crippen molar-refractivity contribution in [2.75, 3.05) is 26.7 Å². The van der Waals surface area contributed by atoms with Crippen LogP contribution in [0.5, 0.6) is 0 Å². The van der Waals surface area contributed by atoms with Crippen LogP contribution >= 0.6 is 0 Å². The van der Waals surface area contributed by atoms with E-state index in [1.165, 1.54) is 0 Å². The molecule has 0 aromatic heterocycles. The zero-order valence-electron chi connectivity index (χ0n) is 10.1. The molecule has 4 heteroatoms. The van der Waals surface area contributed by atoms with Gasteiger partial charge in [-0.3, -0.25) is 9.69 Å². The SMILES string of the molecule is CC1CN(C(=O)CCCN)CC(C)N1C. The number of amides is 1. The molecule has 2 unspecified atom stereocenters. The lowest BCUT2D eigenvalue weighted by Crippen LogP contribution is -2.56. The highest BCUT2D eigenvalue weighted by atomic mass is 16.2. The van der Waals surface area contributed by atoms with Crippen LogP contribution < -0.4 is 5.73 Å². The van der Waals surface area contributed by atoms with E-state index in [9.17, 15) is 4.79 Å². The summed E-state index contributed by atoms with van der Waals surface area (Å²) in [7, 11) is 2.12. The second-order valence-corrected chi connectivity index (χ2v) is 4.55. The number of nitrogens with zero attached hydrogens (tertiary/aromatic N) is 2. The van der Waals surface area contributed by atoms with Gasteiger partial charge < -0.3 is 10.6 Å². The summed E-state index contributed by atoms with van der Waals surface area (Å²) in [6.07, 6.45) is 1.40. The molecule has 0 radical (unpaired) electrons. The monoisotopic (exact) mass is 213 g/mol. The van der Waals surface area contributed by atoms with Gasteiger partial charge in [-0.25, -0.2) is 0 Å². The molecule has 15 heavy (non-hydrogen) atoms. The summed E-state index contributed by atoms with van der Waals surface area (Å²) in [5.74, 6) is 0.257. The zero-order chi connectivity index (χ0) is 11.4.